The molecular weight excluding hydrogens is 480 g/mol. The van der Waals surface area contributed by atoms with Crippen molar-refractivity contribution < 1.29 is 4.79 Å². The van der Waals surface area contributed by atoms with Crippen LogP contribution in [-0.4, -0.2) is 58.2 Å². The van der Waals surface area contributed by atoms with Crippen LogP contribution in [0.4, 0.5) is 0 Å². The highest BCUT2D eigenvalue weighted by Crippen LogP contribution is 2.26. The Labute approximate surface area is 223 Å². The van der Waals surface area contributed by atoms with Crippen LogP contribution < -0.4 is 0 Å². The van der Waals surface area contributed by atoms with Crippen molar-refractivity contribution >= 4 is 23.6 Å². The van der Waals surface area contributed by atoms with Gasteiger partial charge in [-0.15, -0.1) is 0 Å². The molecule has 4 aromatic rings. The Bertz CT molecular complexity index is 1420. The van der Waals surface area contributed by atoms with Crippen molar-refractivity contribution in [2.24, 2.45) is 0 Å². The minimum atomic E-state index is -0.0120. The third-order valence-electron chi connectivity index (χ3n) is 6.92. The molecule has 0 saturated carbocycles. The fourth-order valence-corrected chi connectivity index (χ4v) is 4.76. The van der Waals surface area contributed by atoms with E-state index < -0.39 is 0 Å². The number of rotatable bonds is 6. The van der Waals surface area contributed by atoms with Crippen LogP contribution in [0.1, 0.15) is 27.2 Å². The molecule has 1 amide bonds. The summed E-state index contributed by atoms with van der Waals surface area (Å²) in [6.07, 6.45) is 4.34. The van der Waals surface area contributed by atoms with Gasteiger partial charge >= 0.3 is 0 Å². The molecule has 0 unspecified atom stereocenters. The van der Waals surface area contributed by atoms with Gasteiger partial charge in [0.05, 0.1) is 11.4 Å². The van der Waals surface area contributed by atoms with Crippen molar-refractivity contribution in [3.05, 3.63) is 112 Å². The second-order valence-electron chi connectivity index (χ2n) is 9.51. The van der Waals surface area contributed by atoms with Crippen LogP contribution in [-0.2, 0) is 0 Å². The number of amides is 1. The number of hydrogen-bond donors (Lipinski definition) is 0. The molecule has 0 radical (unpaired) electrons. The number of carbonyl (C=O) groups excluding carboxylic acids is 1. The van der Waals surface area contributed by atoms with E-state index in [0.29, 0.717) is 23.8 Å². The normalized spacial score (nSPS) is 14.4. The average Bonchev–Trinajstić information content (AvgIpc) is 3.36. The van der Waals surface area contributed by atoms with E-state index in [-0.39, 0.29) is 5.91 Å². The molecule has 1 aliphatic heterocycles. The molecule has 1 aromatic heterocycles. The van der Waals surface area contributed by atoms with E-state index in [1.807, 2.05) is 53.4 Å². The summed E-state index contributed by atoms with van der Waals surface area (Å²) in [7, 11) is 0. The maximum Gasteiger partial charge on any atom is 0.272 e. The lowest BCUT2D eigenvalue weighted by atomic mass is 10.0. The molecule has 1 fully saturated rings. The molecular formula is C31H31ClN4O. The molecule has 37 heavy (non-hydrogen) atoms. The molecule has 6 heteroatoms. The van der Waals surface area contributed by atoms with E-state index in [4.69, 9.17) is 16.7 Å². The molecule has 5 rings (SSSR count). The van der Waals surface area contributed by atoms with E-state index in [9.17, 15) is 4.79 Å². The van der Waals surface area contributed by atoms with Crippen LogP contribution in [0.25, 0.3) is 23.0 Å². The van der Waals surface area contributed by atoms with Gasteiger partial charge in [-0.25, -0.2) is 4.68 Å². The smallest absolute Gasteiger partial charge is 0.272 e. The van der Waals surface area contributed by atoms with Crippen LogP contribution in [0, 0.1) is 13.8 Å². The molecule has 1 aliphatic rings. The van der Waals surface area contributed by atoms with Gasteiger partial charge in [-0.2, -0.15) is 5.10 Å². The van der Waals surface area contributed by atoms with Crippen molar-refractivity contribution in [1.29, 1.82) is 0 Å². The highest BCUT2D eigenvalue weighted by atomic mass is 35.5. The van der Waals surface area contributed by atoms with Gasteiger partial charge in [0.2, 0.25) is 0 Å². The van der Waals surface area contributed by atoms with E-state index in [1.54, 1.807) is 4.68 Å². The summed E-state index contributed by atoms with van der Waals surface area (Å²) in [5, 5.41) is 5.46. The lowest BCUT2D eigenvalue weighted by molar-refractivity contribution is 0.0641. The summed E-state index contributed by atoms with van der Waals surface area (Å²) in [6.45, 7) is 8.08. The third-order valence-corrected chi connectivity index (χ3v) is 7.15. The Kier molecular flexibility index (Phi) is 7.54. The van der Waals surface area contributed by atoms with Crippen LogP contribution in [0.2, 0.25) is 5.02 Å². The first-order valence-electron chi connectivity index (χ1n) is 12.6. The van der Waals surface area contributed by atoms with E-state index >= 15 is 0 Å². The molecule has 0 atom stereocenters. The van der Waals surface area contributed by atoms with Gasteiger partial charge in [0.25, 0.3) is 5.91 Å². The van der Waals surface area contributed by atoms with Crippen LogP contribution in [0.5, 0.6) is 0 Å². The number of nitrogens with zero attached hydrogens (tertiary/aromatic N) is 4. The zero-order valence-electron chi connectivity index (χ0n) is 21.3. The van der Waals surface area contributed by atoms with Crippen LogP contribution in [0.15, 0.2) is 84.9 Å². The minimum absolute atomic E-state index is 0.0120. The van der Waals surface area contributed by atoms with Gasteiger partial charge < -0.3 is 4.90 Å². The fraction of sp³-hybridized carbons (Fsp3) is 0.226. The number of benzene rings is 3. The number of halogens is 1. The summed E-state index contributed by atoms with van der Waals surface area (Å²) in [5.41, 5.74) is 6.71. The third kappa shape index (κ3) is 5.85. The van der Waals surface area contributed by atoms with E-state index in [1.165, 1.54) is 16.7 Å². The Balaban J connectivity index is 1.34. The van der Waals surface area contributed by atoms with E-state index in [0.717, 1.165) is 36.6 Å². The van der Waals surface area contributed by atoms with E-state index in [2.05, 4.69) is 61.2 Å². The van der Waals surface area contributed by atoms with Gasteiger partial charge in [0.15, 0.2) is 0 Å². The second-order valence-corrected chi connectivity index (χ2v) is 9.95. The molecule has 0 bridgehead atoms. The largest absolute Gasteiger partial charge is 0.335 e. The van der Waals surface area contributed by atoms with Crippen LogP contribution >= 0.6 is 11.6 Å². The summed E-state index contributed by atoms with van der Waals surface area (Å²) >= 11 is 6.29. The number of aromatic nitrogens is 2. The summed E-state index contributed by atoms with van der Waals surface area (Å²) in [6, 6.07) is 26.0. The lowest BCUT2D eigenvalue weighted by Gasteiger charge is -2.34. The molecule has 3 aromatic carbocycles. The molecule has 0 N–H and O–H groups in total. The monoisotopic (exact) mass is 510 g/mol. The maximum absolute atomic E-state index is 13.7. The highest BCUT2D eigenvalue weighted by molar-refractivity contribution is 6.30. The van der Waals surface area contributed by atoms with Gasteiger partial charge in [-0.1, -0.05) is 72.3 Å². The van der Waals surface area contributed by atoms with Crippen LogP contribution in [0.3, 0.4) is 0 Å². The summed E-state index contributed by atoms with van der Waals surface area (Å²) in [4.78, 5) is 18.1. The van der Waals surface area contributed by atoms with Crippen molar-refractivity contribution in [2.75, 3.05) is 32.7 Å². The topological polar surface area (TPSA) is 41.4 Å². The number of hydrogen-bond acceptors (Lipinski definition) is 3. The zero-order chi connectivity index (χ0) is 25.8. The number of piperazine rings is 1. The zero-order valence-corrected chi connectivity index (χ0v) is 22.0. The Hall–Kier alpha value is -3.67. The molecule has 1 saturated heterocycles. The van der Waals surface area contributed by atoms with Gasteiger partial charge in [-0.05, 0) is 60.9 Å². The molecule has 2 heterocycles. The first-order valence-corrected chi connectivity index (χ1v) is 13.0. The molecule has 0 spiro atoms. The molecule has 0 aliphatic carbocycles. The van der Waals surface area contributed by atoms with Crippen molar-refractivity contribution in [2.45, 2.75) is 13.8 Å². The predicted molar refractivity (Wildman–Crippen MR) is 151 cm³/mol. The first-order chi connectivity index (χ1) is 18.0. The molecule has 5 nitrogen and oxygen atoms in total. The Morgan fingerprint density at radius 2 is 1.68 bits per heavy atom. The Morgan fingerprint density at radius 1 is 0.892 bits per heavy atom. The number of aryl methyl sites for hydroxylation is 2. The number of carbonyl (C=O) groups is 1. The summed E-state index contributed by atoms with van der Waals surface area (Å²) in [5.74, 6) is -0.0120. The quantitative estimate of drug-likeness (QED) is 0.306. The van der Waals surface area contributed by atoms with Gasteiger partial charge in [0, 0.05) is 43.3 Å². The standard InChI is InChI=1S/C31H31ClN4O/c1-23-13-14-26(20-24(23)2)29-22-30(36(33-29)28-12-6-11-27(32)21-28)31(37)35-18-16-34(17-19-35)15-7-10-25-8-4-3-5-9-25/h3-14,20-22H,15-19H2,1-2H3/b10-7+. The van der Waals surface area contributed by atoms with Crippen molar-refractivity contribution in [1.82, 2.24) is 19.6 Å². The van der Waals surface area contributed by atoms with Gasteiger partial charge in [-0.3, -0.25) is 9.69 Å². The minimum Gasteiger partial charge on any atom is -0.335 e. The second kappa shape index (κ2) is 11.2. The van der Waals surface area contributed by atoms with Gasteiger partial charge in [0.1, 0.15) is 5.69 Å². The highest BCUT2D eigenvalue weighted by Gasteiger charge is 2.26. The molecule has 188 valence electrons. The van der Waals surface area contributed by atoms with Crippen molar-refractivity contribution in [3.8, 4) is 16.9 Å². The summed E-state index contributed by atoms with van der Waals surface area (Å²) < 4.78 is 1.73. The lowest BCUT2D eigenvalue weighted by Crippen LogP contribution is -2.49. The maximum atomic E-state index is 13.7. The fourth-order valence-electron chi connectivity index (χ4n) is 4.58. The predicted octanol–water partition coefficient (Wildman–Crippen LogP) is 6.28. The average molecular weight is 511 g/mol. The van der Waals surface area contributed by atoms with Crippen molar-refractivity contribution in [3.63, 3.8) is 0 Å². The first kappa shape index (κ1) is 25.0. The Morgan fingerprint density at radius 3 is 2.41 bits per heavy atom. The SMILES string of the molecule is Cc1ccc(-c2cc(C(=O)N3CCN(C/C=C/c4ccccc4)CC3)n(-c3cccc(Cl)c3)n2)cc1C.